The second-order valence-electron chi connectivity index (χ2n) is 20.6. The largest absolute Gasteiger partial charge is 0.460 e. The number of carbonyl (C=O) groups excluding carboxylic acids is 5. The highest BCUT2D eigenvalue weighted by Gasteiger charge is 2.53. The Morgan fingerprint density at radius 1 is 0.866 bits per heavy atom. The van der Waals surface area contributed by atoms with Gasteiger partial charge in [-0.1, -0.05) is 84.4 Å². The van der Waals surface area contributed by atoms with Crippen LogP contribution in [0.4, 0.5) is 0 Å². The Balaban J connectivity index is 1.70. The number of allylic oxidation sites excluding steroid dienone is 6. The molecular weight excluding hydrogens is 855 g/mol. The maximum absolute atomic E-state index is 14.5. The molecule has 4 rings (SSSR count). The lowest BCUT2D eigenvalue weighted by atomic mass is 9.74. The number of aliphatic hydroxyl groups excluding tert-OH is 1. The van der Waals surface area contributed by atoms with Crippen LogP contribution in [-0.4, -0.2) is 121 Å². The zero-order valence-electron chi connectivity index (χ0n) is 42.6. The van der Waals surface area contributed by atoms with Gasteiger partial charge in [0.05, 0.1) is 18.3 Å². The van der Waals surface area contributed by atoms with Crippen LogP contribution in [0.5, 0.6) is 0 Å². The molecule has 1 amide bonds. The van der Waals surface area contributed by atoms with Crippen LogP contribution in [0.3, 0.4) is 0 Å². The highest BCUT2D eigenvalue weighted by atomic mass is 16.6. The quantitative estimate of drug-likeness (QED) is 0.136. The van der Waals surface area contributed by atoms with E-state index in [2.05, 4.69) is 6.92 Å². The van der Waals surface area contributed by atoms with Crippen LogP contribution in [-0.2, 0) is 47.7 Å². The van der Waals surface area contributed by atoms with Gasteiger partial charge in [-0.25, -0.2) is 4.79 Å². The Morgan fingerprint density at radius 2 is 1.60 bits per heavy atom. The third kappa shape index (κ3) is 15.1. The molecule has 3 heterocycles. The molecule has 0 aromatic rings. The first-order valence-corrected chi connectivity index (χ1v) is 25.3. The Labute approximate surface area is 401 Å². The van der Waals surface area contributed by atoms with E-state index in [-0.39, 0.29) is 54.8 Å². The number of fused-ring (bicyclic) bond motifs is 3. The molecule has 1 saturated carbocycles. The first kappa shape index (κ1) is 56.3. The number of piperidine rings is 1. The van der Waals surface area contributed by atoms with Crippen molar-refractivity contribution in [2.24, 2.45) is 41.4 Å². The molecule has 2 saturated heterocycles. The number of aliphatic hydroxyl groups is 2. The molecule has 2 unspecified atom stereocenters. The van der Waals surface area contributed by atoms with E-state index in [4.69, 9.17) is 23.7 Å². The molecule has 0 aromatic heterocycles. The van der Waals surface area contributed by atoms with Gasteiger partial charge in [-0.05, 0) is 119 Å². The molecule has 0 aromatic carbocycles. The Kier molecular flexibility index (Phi) is 22.3. The number of methoxy groups -OCH3 is 3. The lowest BCUT2D eigenvalue weighted by molar-refractivity contribution is -0.265. The van der Waals surface area contributed by atoms with Crippen molar-refractivity contribution < 1.29 is 57.9 Å². The molecular formula is C54H85NO12. The Morgan fingerprint density at radius 3 is 2.27 bits per heavy atom. The summed E-state index contributed by atoms with van der Waals surface area (Å²) in [5, 5.41) is 23.5. The van der Waals surface area contributed by atoms with E-state index >= 15 is 0 Å². The molecule has 378 valence electrons. The van der Waals surface area contributed by atoms with Crippen molar-refractivity contribution in [3.8, 4) is 0 Å². The van der Waals surface area contributed by atoms with E-state index in [1.807, 2.05) is 58.1 Å². The van der Waals surface area contributed by atoms with Gasteiger partial charge in [-0.15, -0.1) is 0 Å². The third-order valence-electron chi connectivity index (χ3n) is 15.3. The summed E-state index contributed by atoms with van der Waals surface area (Å²) in [5.74, 6) is -7.00. The van der Waals surface area contributed by atoms with Gasteiger partial charge in [0.25, 0.3) is 11.7 Å². The number of Topliss-reactive ketones (excluding diaryl/α,β-unsaturated/α-hetero) is 3. The van der Waals surface area contributed by atoms with Crippen LogP contribution in [0, 0.1) is 41.4 Å². The van der Waals surface area contributed by atoms with Crippen molar-refractivity contribution in [1.29, 1.82) is 0 Å². The van der Waals surface area contributed by atoms with E-state index in [1.165, 1.54) is 12.0 Å². The normalized spacial score (nSPS) is 39.6. The van der Waals surface area contributed by atoms with Crippen molar-refractivity contribution in [1.82, 2.24) is 4.90 Å². The van der Waals surface area contributed by atoms with Crippen molar-refractivity contribution in [2.75, 3.05) is 27.9 Å². The molecule has 4 aliphatic rings. The van der Waals surface area contributed by atoms with E-state index in [1.54, 1.807) is 41.1 Å². The molecule has 2 N–H and O–H groups in total. The predicted octanol–water partition coefficient (Wildman–Crippen LogP) is 8.24. The van der Waals surface area contributed by atoms with E-state index < -0.39 is 77.8 Å². The van der Waals surface area contributed by atoms with Crippen molar-refractivity contribution in [3.63, 3.8) is 0 Å². The molecule has 0 radical (unpaired) electrons. The first-order chi connectivity index (χ1) is 31.8. The van der Waals surface area contributed by atoms with Crippen molar-refractivity contribution in [2.45, 2.75) is 194 Å². The highest BCUT2D eigenvalue weighted by molar-refractivity contribution is 6.39. The van der Waals surface area contributed by atoms with Gasteiger partial charge in [-0.3, -0.25) is 19.2 Å². The van der Waals surface area contributed by atoms with E-state index in [0.29, 0.717) is 56.4 Å². The number of hydrogen-bond donors (Lipinski definition) is 2. The summed E-state index contributed by atoms with van der Waals surface area (Å²) in [4.78, 5) is 72.2. The number of ether oxygens (including phenoxy) is 5. The molecule has 15 atom stereocenters. The van der Waals surface area contributed by atoms with Crippen molar-refractivity contribution >= 4 is 29.2 Å². The summed E-state index contributed by atoms with van der Waals surface area (Å²) in [6.45, 7) is 15.1. The van der Waals surface area contributed by atoms with Gasteiger partial charge >= 0.3 is 5.97 Å². The molecule has 3 fully saturated rings. The van der Waals surface area contributed by atoms with Crippen molar-refractivity contribution in [3.05, 3.63) is 47.6 Å². The van der Waals surface area contributed by atoms with Crippen LogP contribution in [0.2, 0.25) is 0 Å². The number of amides is 1. The molecule has 3 aliphatic heterocycles. The van der Waals surface area contributed by atoms with E-state index in [9.17, 15) is 34.2 Å². The monoisotopic (exact) mass is 940 g/mol. The summed E-state index contributed by atoms with van der Waals surface area (Å²) < 4.78 is 29.9. The second kappa shape index (κ2) is 26.6. The maximum Gasteiger partial charge on any atom is 0.329 e. The zero-order valence-corrected chi connectivity index (χ0v) is 42.6. The van der Waals surface area contributed by atoms with Crippen LogP contribution in [0.1, 0.15) is 145 Å². The number of esters is 1. The number of rotatable bonds is 8. The average molecular weight is 940 g/mol. The number of carbonyl (C=O) groups is 5. The zero-order chi connectivity index (χ0) is 49.6. The summed E-state index contributed by atoms with van der Waals surface area (Å²) >= 11 is 0. The van der Waals surface area contributed by atoms with Gasteiger partial charge in [0, 0.05) is 58.5 Å². The standard InChI is InChI=1S/C54H85NO12/c1-12-18-41-24-23-40(30-47(41)64-10)29-36(5)46-32-44(56)35(4)28-38(7)49(58)50(65-11)48(57)37(6)27-33(2)19-14-13-15-20-34(3)45(63-9)31-42-25-22-39(8)54(62,67-42)51(59)52(60)55-26-17-16-21-43(55)53(61)66-46/h13-15,19-20,28,33,35-37,39-43,45-47,49-50,58,62H,12,16-18,21-27,29-32H2,1-11H3/b15-13+,19-14+,34-20+,38-28+/t33-,35-,36-,37-,39-,40+,41?,42+,43+,45+,46?,47-,49-,50+,54-/m1/s1. The molecule has 13 nitrogen and oxygen atoms in total. The number of ketones is 3. The molecule has 0 spiro atoms. The molecule has 13 heteroatoms. The summed E-state index contributed by atoms with van der Waals surface area (Å²) in [6, 6.07) is -1.11. The van der Waals surface area contributed by atoms with Gasteiger partial charge in [0.1, 0.15) is 30.1 Å². The number of cyclic esters (lactones) is 1. The highest BCUT2D eigenvalue weighted by Crippen LogP contribution is 2.39. The van der Waals surface area contributed by atoms with Crippen LogP contribution in [0.25, 0.3) is 0 Å². The predicted molar refractivity (Wildman–Crippen MR) is 258 cm³/mol. The van der Waals surface area contributed by atoms with Gasteiger partial charge in [0.2, 0.25) is 5.79 Å². The number of hydrogen-bond acceptors (Lipinski definition) is 12. The fourth-order valence-corrected chi connectivity index (χ4v) is 10.9. The van der Waals surface area contributed by atoms with E-state index in [0.717, 1.165) is 37.7 Å². The molecule has 67 heavy (non-hydrogen) atoms. The van der Waals surface area contributed by atoms with Crippen LogP contribution >= 0.6 is 0 Å². The third-order valence-corrected chi connectivity index (χ3v) is 15.3. The average Bonchev–Trinajstić information content (AvgIpc) is 3.30. The molecule has 2 bridgehead atoms. The lowest BCUT2D eigenvalue weighted by Gasteiger charge is -2.42. The summed E-state index contributed by atoms with van der Waals surface area (Å²) in [6.07, 6.45) is 15.9. The lowest BCUT2D eigenvalue weighted by Crippen LogP contribution is -2.61. The maximum atomic E-state index is 14.5. The topological polar surface area (TPSA) is 175 Å². The van der Waals surface area contributed by atoms with Gasteiger partial charge < -0.3 is 38.8 Å². The minimum absolute atomic E-state index is 0.0298. The SMILES string of the molecule is CCCC1CC[C@@H](C[C@@H](C)C2CC(=O)[C@H](C)/C=C(\C)[C@@H](O)[C@@H](OC)C(=O)[C@H](C)C[C@H](C)/C=C/C=C/C=C(\C)[C@@H](OC)C[C@@H]3CC[C@@H](C)[C@@](O)(O3)C(=O)C(=O)N3CCCC[C@H]3C(=O)O2)C[C@H]1OC. The minimum atomic E-state index is -2.41. The smallest absolute Gasteiger partial charge is 0.329 e. The van der Waals surface area contributed by atoms with Gasteiger partial charge in [-0.2, -0.15) is 0 Å². The van der Waals surface area contributed by atoms with Crippen LogP contribution < -0.4 is 0 Å². The number of nitrogens with zero attached hydrogens (tertiary/aromatic N) is 1. The summed E-state index contributed by atoms with van der Waals surface area (Å²) in [5.41, 5.74) is 1.30. The van der Waals surface area contributed by atoms with Crippen LogP contribution in [0.15, 0.2) is 47.6 Å². The second-order valence-corrected chi connectivity index (χ2v) is 20.6. The Hall–Kier alpha value is -3.33. The summed E-state index contributed by atoms with van der Waals surface area (Å²) in [7, 11) is 4.74. The molecule has 1 aliphatic carbocycles. The first-order valence-electron chi connectivity index (χ1n) is 25.3. The minimum Gasteiger partial charge on any atom is -0.460 e. The van der Waals surface area contributed by atoms with Gasteiger partial charge in [0.15, 0.2) is 5.78 Å². The fraction of sp³-hybridized carbons (Fsp3) is 0.759. The Bertz CT molecular complexity index is 1790. The fourth-order valence-electron chi connectivity index (χ4n) is 10.9.